The Morgan fingerprint density at radius 3 is 2.76 bits per heavy atom. The fourth-order valence-electron chi connectivity index (χ4n) is 1.59. The number of nitrogens with zero attached hydrogens (tertiary/aromatic N) is 2. The maximum Gasteiger partial charge on any atom is 0.276 e. The van der Waals surface area contributed by atoms with Crippen LogP contribution < -0.4 is 10.6 Å². The van der Waals surface area contributed by atoms with Gasteiger partial charge in [0.1, 0.15) is 5.82 Å². The summed E-state index contributed by atoms with van der Waals surface area (Å²) >= 11 is 6.02. The van der Waals surface area contributed by atoms with Gasteiger partial charge in [-0.15, -0.1) is 16.8 Å². The summed E-state index contributed by atoms with van der Waals surface area (Å²) in [5, 5.41) is 14.1. The minimum absolute atomic E-state index is 0.232. The summed E-state index contributed by atoms with van der Waals surface area (Å²) in [5.74, 6) is 0.252. The highest BCUT2D eigenvalue weighted by atomic mass is 35.5. The van der Waals surface area contributed by atoms with Gasteiger partial charge in [0.05, 0.1) is 0 Å². The zero-order valence-electron chi connectivity index (χ0n) is 11.6. The quantitative estimate of drug-likeness (QED) is 0.832. The molecule has 0 aliphatic rings. The van der Waals surface area contributed by atoms with Crippen LogP contribution in [0.3, 0.4) is 0 Å². The first kappa shape index (κ1) is 15.0. The molecule has 0 atom stereocenters. The standard InChI is InChI=1S/C15H15ClN4O/c1-3-8-17-14-7-6-13(19-20-14)15(21)18-11-5-4-10(2)12(16)9-11/h3-7,9H,1,8H2,2H3,(H,17,20)(H,18,21). The van der Waals surface area contributed by atoms with Crippen LogP contribution in [0.2, 0.25) is 5.02 Å². The number of rotatable bonds is 5. The first-order chi connectivity index (χ1) is 10.1. The summed E-state index contributed by atoms with van der Waals surface area (Å²) < 4.78 is 0. The summed E-state index contributed by atoms with van der Waals surface area (Å²) in [7, 11) is 0. The van der Waals surface area contributed by atoms with Crippen molar-refractivity contribution in [3.05, 3.63) is 59.3 Å². The topological polar surface area (TPSA) is 66.9 Å². The largest absolute Gasteiger partial charge is 0.365 e. The number of carbonyl (C=O) groups excluding carboxylic acids is 1. The molecule has 6 heteroatoms. The lowest BCUT2D eigenvalue weighted by Crippen LogP contribution is -2.15. The predicted octanol–water partition coefficient (Wildman–Crippen LogP) is 3.29. The molecule has 1 aromatic carbocycles. The van der Waals surface area contributed by atoms with Crippen LogP contribution in [0, 0.1) is 6.92 Å². The van der Waals surface area contributed by atoms with Crippen molar-refractivity contribution in [2.45, 2.75) is 6.92 Å². The molecule has 0 fully saturated rings. The molecule has 5 nitrogen and oxygen atoms in total. The number of hydrogen-bond donors (Lipinski definition) is 2. The summed E-state index contributed by atoms with van der Waals surface area (Å²) in [5.41, 5.74) is 1.80. The average Bonchev–Trinajstić information content (AvgIpc) is 2.49. The molecule has 108 valence electrons. The van der Waals surface area contributed by atoms with E-state index >= 15 is 0 Å². The number of nitrogens with one attached hydrogen (secondary N) is 2. The van der Waals surface area contributed by atoms with Crippen molar-refractivity contribution in [3.63, 3.8) is 0 Å². The molecular weight excluding hydrogens is 288 g/mol. The lowest BCUT2D eigenvalue weighted by Gasteiger charge is -2.07. The average molecular weight is 303 g/mol. The number of amides is 1. The lowest BCUT2D eigenvalue weighted by molar-refractivity contribution is 0.102. The van der Waals surface area contributed by atoms with Gasteiger partial charge in [-0.1, -0.05) is 23.7 Å². The number of hydrogen-bond acceptors (Lipinski definition) is 4. The van der Waals surface area contributed by atoms with Crippen molar-refractivity contribution in [1.29, 1.82) is 0 Å². The van der Waals surface area contributed by atoms with Gasteiger partial charge in [0.2, 0.25) is 0 Å². The first-order valence-corrected chi connectivity index (χ1v) is 6.74. The molecule has 2 rings (SSSR count). The second kappa shape index (κ2) is 6.85. The van der Waals surface area contributed by atoms with E-state index in [4.69, 9.17) is 11.6 Å². The molecule has 0 unspecified atom stereocenters. The molecule has 0 aliphatic heterocycles. The molecular formula is C15H15ClN4O. The number of carbonyl (C=O) groups is 1. The first-order valence-electron chi connectivity index (χ1n) is 6.36. The predicted molar refractivity (Wildman–Crippen MR) is 84.9 cm³/mol. The summed E-state index contributed by atoms with van der Waals surface area (Å²) in [6.07, 6.45) is 1.71. The summed E-state index contributed by atoms with van der Waals surface area (Å²) in [6.45, 7) is 6.08. The van der Waals surface area contributed by atoms with Gasteiger partial charge in [0, 0.05) is 17.3 Å². The molecule has 0 spiro atoms. The van der Waals surface area contributed by atoms with Gasteiger partial charge in [0.25, 0.3) is 5.91 Å². The Labute approximate surface area is 128 Å². The zero-order valence-corrected chi connectivity index (χ0v) is 12.3. The molecule has 1 aromatic heterocycles. The van der Waals surface area contributed by atoms with Crippen LogP contribution in [0.1, 0.15) is 16.1 Å². The molecule has 0 saturated heterocycles. The molecule has 0 radical (unpaired) electrons. The minimum Gasteiger partial charge on any atom is -0.365 e. The Morgan fingerprint density at radius 1 is 1.33 bits per heavy atom. The van der Waals surface area contributed by atoms with Crippen LogP contribution in [-0.2, 0) is 0 Å². The Hall–Kier alpha value is -2.40. The van der Waals surface area contributed by atoms with Crippen LogP contribution in [0.15, 0.2) is 43.0 Å². The highest BCUT2D eigenvalue weighted by Crippen LogP contribution is 2.20. The van der Waals surface area contributed by atoms with Crippen LogP contribution in [-0.4, -0.2) is 22.6 Å². The van der Waals surface area contributed by atoms with Gasteiger partial charge in [-0.3, -0.25) is 4.79 Å². The van der Waals surface area contributed by atoms with E-state index < -0.39 is 0 Å². The van der Waals surface area contributed by atoms with Crippen molar-refractivity contribution >= 4 is 29.0 Å². The second-order valence-corrected chi connectivity index (χ2v) is 4.80. The molecule has 21 heavy (non-hydrogen) atoms. The fraction of sp³-hybridized carbons (Fsp3) is 0.133. The van der Waals surface area contributed by atoms with Crippen molar-refractivity contribution in [2.75, 3.05) is 17.2 Å². The number of halogens is 1. The van der Waals surface area contributed by atoms with Gasteiger partial charge in [0.15, 0.2) is 5.69 Å². The maximum absolute atomic E-state index is 12.0. The minimum atomic E-state index is -0.335. The molecule has 0 bridgehead atoms. The molecule has 0 aliphatic carbocycles. The van der Waals surface area contributed by atoms with Crippen LogP contribution in [0.25, 0.3) is 0 Å². The van der Waals surface area contributed by atoms with E-state index in [1.54, 1.807) is 30.3 Å². The monoisotopic (exact) mass is 302 g/mol. The molecule has 1 heterocycles. The van der Waals surface area contributed by atoms with Crippen molar-refractivity contribution in [2.24, 2.45) is 0 Å². The fourth-order valence-corrected chi connectivity index (χ4v) is 1.77. The number of anilines is 2. The van der Waals surface area contributed by atoms with Crippen molar-refractivity contribution in [3.8, 4) is 0 Å². The van der Waals surface area contributed by atoms with E-state index in [1.165, 1.54) is 0 Å². The molecule has 2 N–H and O–H groups in total. The Morgan fingerprint density at radius 2 is 2.14 bits per heavy atom. The van der Waals surface area contributed by atoms with Crippen molar-refractivity contribution < 1.29 is 4.79 Å². The SMILES string of the molecule is C=CCNc1ccc(C(=O)Nc2ccc(C)c(Cl)c2)nn1. The van der Waals surface area contributed by atoms with Gasteiger partial charge in [-0.05, 0) is 36.8 Å². The Kier molecular flexibility index (Phi) is 4.90. The normalized spacial score (nSPS) is 10.0. The van der Waals surface area contributed by atoms with E-state index in [2.05, 4.69) is 27.4 Å². The van der Waals surface area contributed by atoms with E-state index in [0.29, 0.717) is 23.1 Å². The van der Waals surface area contributed by atoms with Crippen LogP contribution in [0.5, 0.6) is 0 Å². The van der Waals surface area contributed by atoms with Gasteiger partial charge in [-0.25, -0.2) is 0 Å². The Bertz CT molecular complexity index is 655. The van der Waals surface area contributed by atoms with Gasteiger partial charge < -0.3 is 10.6 Å². The lowest BCUT2D eigenvalue weighted by atomic mass is 10.2. The van der Waals surface area contributed by atoms with E-state index in [9.17, 15) is 4.79 Å². The number of aromatic nitrogens is 2. The van der Waals surface area contributed by atoms with Crippen LogP contribution in [0.4, 0.5) is 11.5 Å². The maximum atomic E-state index is 12.0. The van der Waals surface area contributed by atoms with Gasteiger partial charge >= 0.3 is 0 Å². The second-order valence-electron chi connectivity index (χ2n) is 4.39. The smallest absolute Gasteiger partial charge is 0.276 e. The van der Waals surface area contributed by atoms with E-state index in [-0.39, 0.29) is 11.6 Å². The third-order valence-corrected chi connectivity index (χ3v) is 3.16. The molecule has 0 saturated carbocycles. The number of aryl methyl sites for hydroxylation is 1. The molecule has 2 aromatic rings. The molecule has 1 amide bonds. The number of benzene rings is 1. The highest BCUT2D eigenvalue weighted by Gasteiger charge is 2.09. The summed E-state index contributed by atoms with van der Waals surface area (Å²) in [6, 6.07) is 8.61. The highest BCUT2D eigenvalue weighted by molar-refractivity contribution is 6.31. The third-order valence-electron chi connectivity index (χ3n) is 2.75. The Balaban J connectivity index is 2.05. The van der Waals surface area contributed by atoms with Crippen LogP contribution >= 0.6 is 11.6 Å². The third kappa shape index (κ3) is 4.03. The zero-order chi connectivity index (χ0) is 15.2. The van der Waals surface area contributed by atoms with E-state index in [0.717, 1.165) is 5.56 Å². The summed E-state index contributed by atoms with van der Waals surface area (Å²) in [4.78, 5) is 12.0. The van der Waals surface area contributed by atoms with E-state index in [1.807, 2.05) is 13.0 Å². The van der Waals surface area contributed by atoms with Crippen molar-refractivity contribution in [1.82, 2.24) is 10.2 Å². The van der Waals surface area contributed by atoms with Gasteiger partial charge in [-0.2, -0.15) is 0 Å².